The first kappa shape index (κ1) is 27.0. The lowest BCUT2D eigenvalue weighted by atomic mass is 10.00. The number of halogens is 4. The number of nitrogens with zero attached hydrogens (tertiary/aromatic N) is 2. The lowest BCUT2D eigenvalue weighted by molar-refractivity contribution is -0.0494. The molecule has 6 nitrogen and oxygen atoms in total. The Hall–Kier alpha value is -1.08. The molecule has 0 aliphatic carbocycles. The third-order valence-corrected chi connectivity index (χ3v) is 6.54. The first-order valence-electron chi connectivity index (χ1n) is 9.72. The zero-order valence-corrected chi connectivity index (χ0v) is 20.5. The highest BCUT2D eigenvalue weighted by atomic mass is 127. The minimum absolute atomic E-state index is 0. The van der Waals surface area contributed by atoms with Crippen LogP contribution in [0.3, 0.4) is 0 Å². The van der Waals surface area contributed by atoms with Crippen LogP contribution >= 0.6 is 24.0 Å². The molecule has 1 atom stereocenters. The monoisotopic (exact) mass is 562 g/mol. The number of piperidine rings is 1. The molecular formula is C19H30F3IN4O2S. The average Bonchev–Trinajstić information content (AvgIpc) is 2.65. The van der Waals surface area contributed by atoms with Gasteiger partial charge in [0.2, 0.25) is 0 Å². The van der Waals surface area contributed by atoms with E-state index in [2.05, 4.69) is 34.7 Å². The summed E-state index contributed by atoms with van der Waals surface area (Å²) < 4.78 is 61.6. The van der Waals surface area contributed by atoms with Gasteiger partial charge in [0.25, 0.3) is 0 Å². The van der Waals surface area contributed by atoms with E-state index in [1.54, 1.807) is 0 Å². The summed E-state index contributed by atoms with van der Waals surface area (Å²) in [6.07, 6.45) is 0.570. The van der Waals surface area contributed by atoms with Gasteiger partial charge in [0.15, 0.2) is 5.96 Å². The molecule has 0 aromatic heterocycles. The standard InChI is InChI=1S/C19H29F3N4O2S.HI/c1-4-23-18(24-13-15(3)16-7-5-6-14(2)12-16)25-17-8-10-26(11-9-17)29(27,28)19(20,21)22;/h5-7,12,15,17H,4,8-11,13H2,1-3H3,(H2,23,24,25);1H. The van der Waals surface area contributed by atoms with Crippen molar-refractivity contribution in [1.29, 1.82) is 0 Å². The van der Waals surface area contributed by atoms with Crippen LogP contribution in [0.4, 0.5) is 13.2 Å². The lowest BCUT2D eigenvalue weighted by Gasteiger charge is -2.32. The summed E-state index contributed by atoms with van der Waals surface area (Å²) >= 11 is 0. The van der Waals surface area contributed by atoms with Crippen molar-refractivity contribution in [2.45, 2.75) is 51.1 Å². The van der Waals surface area contributed by atoms with Crippen LogP contribution in [0.15, 0.2) is 29.3 Å². The molecular weight excluding hydrogens is 532 g/mol. The fraction of sp³-hybridized carbons (Fsp3) is 0.632. The highest BCUT2D eigenvalue weighted by Gasteiger charge is 2.50. The molecule has 1 fully saturated rings. The van der Waals surface area contributed by atoms with Crippen molar-refractivity contribution in [1.82, 2.24) is 14.9 Å². The normalized spacial score (nSPS) is 17.9. The van der Waals surface area contributed by atoms with Crippen LogP contribution in [0.1, 0.15) is 43.7 Å². The molecule has 0 saturated carbocycles. The highest BCUT2D eigenvalue weighted by molar-refractivity contribution is 14.0. The van der Waals surface area contributed by atoms with Crippen LogP contribution in [0.2, 0.25) is 0 Å². The third-order valence-electron chi connectivity index (χ3n) is 4.91. The van der Waals surface area contributed by atoms with Gasteiger partial charge in [-0.25, -0.2) is 8.42 Å². The average molecular weight is 562 g/mol. The van der Waals surface area contributed by atoms with Crippen molar-refractivity contribution in [2.75, 3.05) is 26.2 Å². The predicted octanol–water partition coefficient (Wildman–Crippen LogP) is 3.59. The molecule has 2 N–H and O–H groups in total. The van der Waals surface area contributed by atoms with Gasteiger partial charge in [0.1, 0.15) is 0 Å². The van der Waals surface area contributed by atoms with E-state index in [0.29, 0.717) is 23.4 Å². The maximum Gasteiger partial charge on any atom is 0.511 e. The van der Waals surface area contributed by atoms with Crippen molar-refractivity contribution < 1.29 is 21.6 Å². The molecule has 1 unspecified atom stereocenters. The molecule has 1 heterocycles. The number of alkyl halides is 3. The molecule has 1 aromatic carbocycles. The lowest BCUT2D eigenvalue weighted by Crippen LogP contribution is -2.51. The zero-order chi connectivity index (χ0) is 21.7. The Morgan fingerprint density at radius 3 is 2.47 bits per heavy atom. The minimum Gasteiger partial charge on any atom is -0.357 e. The maximum atomic E-state index is 12.7. The first-order valence-corrected chi connectivity index (χ1v) is 11.2. The second-order valence-corrected chi connectivity index (χ2v) is 9.23. The van der Waals surface area contributed by atoms with E-state index in [1.807, 2.05) is 26.0 Å². The van der Waals surface area contributed by atoms with E-state index in [0.717, 1.165) is 0 Å². The van der Waals surface area contributed by atoms with Crippen LogP contribution in [0, 0.1) is 6.92 Å². The number of guanidine groups is 1. The number of nitrogens with one attached hydrogen (secondary N) is 2. The van der Waals surface area contributed by atoms with Crippen LogP contribution in [0.25, 0.3) is 0 Å². The van der Waals surface area contributed by atoms with Gasteiger partial charge in [-0.2, -0.15) is 17.5 Å². The number of sulfonamides is 1. The number of aliphatic imine (C=N–C) groups is 1. The number of hydrogen-bond donors (Lipinski definition) is 2. The number of rotatable bonds is 6. The largest absolute Gasteiger partial charge is 0.511 e. The Bertz CT molecular complexity index is 810. The van der Waals surface area contributed by atoms with Gasteiger partial charge in [-0.15, -0.1) is 24.0 Å². The molecule has 0 amide bonds. The van der Waals surface area contributed by atoms with Crippen molar-refractivity contribution in [3.8, 4) is 0 Å². The van der Waals surface area contributed by atoms with E-state index < -0.39 is 15.5 Å². The summed E-state index contributed by atoms with van der Waals surface area (Å²) in [7, 11) is -5.26. The Kier molecular flexibility index (Phi) is 10.3. The Morgan fingerprint density at radius 2 is 1.93 bits per heavy atom. The summed E-state index contributed by atoms with van der Waals surface area (Å²) in [6, 6.07) is 8.09. The smallest absolute Gasteiger partial charge is 0.357 e. The predicted molar refractivity (Wildman–Crippen MR) is 124 cm³/mol. The van der Waals surface area contributed by atoms with Gasteiger partial charge in [-0.3, -0.25) is 4.99 Å². The fourth-order valence-corrected chi connectivity index (χ4v) is 4.19. The second kappa shape index (κ2) is 11.5. The molecule has 0 radical (unpaired) electrons. The van der Waals surface area contributed by atoms with Crippen LogP contribution in [-0.4, -0.2) is 56.4 Å². The van der Waals surface area contributed by atoms with Crippen LogP contribution in [0.5, 0.6) is 0 Å². The molecule has 0 bridgehead atoms. The maximum absolute atomic E-state index is 12.7. The van der Waals surface area contributed by atoms with E-state index in [-0.39, 0.29) is 61.9 Å². The van der Waals surface area contributed by atoms with Crippen molar-refractivity contribution in [2.24, 2.45) is 4.99 Å². The van der Waals surface area contributed by atoms with Gasteiger partial charge in [-0.05, 0) is 32.3 Å². The van der Waals surface area contributed by atoms with Gasteiger partial charge in [0, 0.05) is 38.1 Å². The molecule has 1 aliphatic heterocycles. The second-order valence-electron chi connectivity index (χ2n) is 7.30. The summed E-state index contributed by atoms with van der Waals surface area (Å²) in [6.45, 7) is 6.92. The van der Waals surface area contributed by atoms with Crippen molar-refractivity contribution in [3.63, 3.8) is 0 Å². The minimum atomic E-state index is -5.26. The highest BCUT2D eigenvalue weighted by Crippen LogP contribution is 2.29. The fourth-order valence-electron chi connectivity index (χ4n) is 3.21. The number of hydrogen-bond acceptors (Lipinski definition) is 3. The first-order chi connectivity index (χ1) is 13.5. The zero-order valence-electron chi connectivity index (χ0n) is 17.4. The van der Waals surface area contributed by atoms with Gasteiger partial charge >= 0.3 is 15.5 Å². The summed E-state index contributed by atoms with van der Waals surface area (Å²) in [5, 5.41) is 6.36. The molecule has 1 aliphatic rings. The summed E-state index contributed by atoms with van der Waals surface area (Å²) in [5.74, 6) is 0.799. The number of benzene rings is 1. The van der Waals surface area contributed by atoms with Crippen LogP contribution in [-0.2, 0) is 10.0 Å². The van der Waals surface area contributed by atoms with E-state index in [9.17, 15) is 21.6 Å². The Morgan fingerprint density at radius 1 is 1.30 bits per heavy atom. The molecule has 2 rings (SSSR count). The SMILES string of the molecule is CCNC(=NCC(C)c1cccc(C)c1)NC1CCN(S(=O)(=O)C(F)(F)F)CC1.I. The summed E-state index contributed by atoms with van der Waals surface area (Å²) in [5.41, 5.74) is -2.88. The molecule has 172 valence electrons. The van der Waals surface area contributed by atoms with E-state index in [1.165, 1.54) is 11.1 Å². The van der Waals surface area contributed by atoms with Gasteiger partial charge in [0.05, 0.1) is 0 Å². The Labute approximate surface area is 193 Å². The number of aryl methyl sites for hydroxylation is 1. The van der Waals surface area contributed by atoms with Gasteiger partial charge in [-0.1, -0.05) is 36.8 Å². The molecule has 0 spiro atoms. The van der Waals surface area contributed by atoms with E-state index >= 15 is 0 Å². The molecule has 30 heavy (non-hydrogen) atoms. The van der Waals surface area contributed by atoms with Crippen LogP contribution < -0.4 is 10.6 Å². The third kappa shape index (κ3) is 7.26. The summed E-state index contributed by atoms with van der Waals surface area (Å²) in [4.78, 5) is 4.60. The molecule has 1 saturated heterocycles. The van der Waals surface area contributed by atoms with Crippen molar-refractivity contribution in [3.05, 3.63) is 35.4 Å². The van der Waals surface area contributed by atoms with E-state index in [4.69, 9.17) is 0 Å². The Balaban J connectivity index is 0.00000450. The van der Waals surface area contributed by atoms with Crippen molar-refractivity contribution >= 4 is 40.0 Å². The quantitative estimate of drug-likeness (QED) is 0.316. The topological polar surface area (TPSA) is 73.8 Å². The molecule has 1 aromatic rings. The molecule has 11 heteroatoms. The van der Waals surface area contributed by atoms with Gasteiger partial charge < -0.3 is 10.6 Å².